The van der Waals surface area contributed by atoms with Crippen LogP contribution in [0.3, 0.4) is 0 Å². The van der Waals surface area contributed by atoms with Crippen LogP contribution < -0.4 is 5.32 Å². The van der Waals surface area contributed by atoms with Gasteiger partial charge in [-0.1, -0.05) is 12.1 Å². The number of nitrogens with one attached hydrogen (secondary N) is 1. The first-order chi connectivity index (χ1) is 19.8. The molecule has 1 aromatic carbocycles. The molecule has 4 heterocycles. The number of carbonyl (C=O) groups is 2. The number of carboxylic acids is 1. The number of aromatic hydroxyl groups is 1. The first-order valence-corrected chi connectivity index (χ1v) is 14.7. The number of thiazole rings is 1. The zero-order valence-electron chi connectivity index (χ0n) is 23.9. The molecule has 0 saturated carbocycles. The van der Waals surface area contributed by atoms with Gasteiger partial charge in [0.15, 0.2) is 10.8 Å². The smallest absolute Gasteiger partial charge is 0.338 e. The Morgan fingerprint density at radius 3 is 2.71 bits per heavy atom. The van der Waals surface area contributed by atoms with Crippen molar-refractivity contribution in [2.24, 2.45) is 10.4 Å². The van der Waals surface area contributed by atoms with Gasteiger partial charge in [-0.2, -0.15) is 0 Å². The Kier molecular flexibility index (Phi) is 8.12. The number of phenolic OH excluding ortho intramolecular Hbond substituents is 1. The highest BCUT2D eigenvalue weighted by molar-refractivity contribution is 7.11. The third-order valence-electron chi connectivity index (χ3n) is 8.22. The number of aromatic nitrogens is 1. The molecule has 226 valence electrons. The molecule has 0 aliphatic carbocycles. The van der Waals surface area contributed by atoms with Gasteiger partial charge < -0.3 is 20.3 Å². The molecule has 0 bridgehead atoms. The molecule has 0 radical (unpaired) electrons. The van der Waals surface area contributed by atoms with Crippen LogP contribution in [-0.4, -0.2) is 93.6 Å². The van der Waals surface area contributed by atoms with Gasteiger partial charge in [0.1, 0.15) is 11.8 Å². The van der Waals surface area contributed by atoms with E-state index in [9.17, 15) is 19.8 Å². The largest absolute Gasteiger partial charge is 0.508 e. The van der Waals surface area contributed by atoms with Crippen LogP contribution in [0.5, 0.6) is 5.75 Å². The number of hydrogen-bond acceptors (Lipinski definition) is 10. The summed E-state index contributed by atoms with van der Waals surface area (Å²) in [5.41, 5.74) is 0.488. The second-order valence-corrected chi connectivity index (χ2v) is 12.5. The Balaban J connectivity index is 1.55. The van der Waals surface area contributed by atoms with Crippen LogP contribution in [0.15, 0.2) is 46.0 Å². The number of halogens is 2. The molecule has 0 amide bonds. The van der Waals surface area contributed by atoms with Gasteiger partial charge in [0, 0.05) is 43.0 Å². The quantitative estimate of drug-likeness (QED) is 0.369. The number of aliphatic imine (C=N–C) groups is 1. The minimum atomic E-state index is -3.09. The van der Waals surface area contributed by atoms with Crippen molar-refractivity contribution < 1.29 is 33.3 Å². The van der Waals surface area contributed by atoms with E-state index in [-0.39, 0.29) is 31.0 Å². The van der Waals surface area contributed by atoms with Gasteiger partial charge in [0.25, 0.3) is 5.92 Å². The van der Waals surface area contributed by atoms with E-state index in [0.717, 1.165) is 0 Å². The van der Waals surface area contributed by atoms with E-state index in [1.54, 1.807) is 67.3 Å². The molecule has 3 N–H and O–H groups in total. The molecule has 2 aromatic rings. The first-order valence-electron chi connectivity index (χ1n) is 13.9. The van der Waals surface area contributed by atoms with Gasteiger partial charge in [-0.05, 0) is 51.3 Å². The van der Waals surface area contributed by atoms with Crippen LogP contribution in [0.1, 0.15) is 49.4 Å². The lowest BCUT2D eigenvalue weighted by Crippen LogP contribution is -2.49. The van der Waals surface area contributed by atoms with Crippen LogP contribution in [0.4, 0.5) is 8.78 Å². The number of aliphatic carboxylic acids is 1. The van der Waals surface area contributed by atoms with Gasteiger partial charge in [0.05, 0.1) is 30.2 Å². The van der Waals surface area contributed by atoms with E-state index in [4.69, 9.17) is 9.73 Å². The standard InChI is InChI=1S/C29H35F2N5O5S/c1-5-41-26(38)21-18(13-36-15-29(30,31)23-19(36)9-11-35(23)14-28(3,4)27(39)40)33-24(25-32-10-12-42-25)34-22(21)17-7-6-8-20(37)16(17)2/h6-8,10,12,19,22-23,37H,5,9,11,13-15H2,1-4H3,(H,33,34)(H,39,40). The first kappa shape index (κ1) is 30.1. The summed E-state index contributed by atoms with van der Waals surface area (Å²) in [4.78, 5) is 37.7. The molecule has 0 spiro atoms. The highest BCUT2D eigenvalue weighted by Gasteiger charge is 2.60. The average Bonchev–Trinajstić information content (AvgIpc) is 3.65. The number of fused-ring (bicyclic) bond motifs is 1. The molecule has 42 heavy (non-hydrogen) atoms. The number of nitrogens with zero attached hydrogens (tertiary/aromatic N) is 4. The summed E-state index contributed by atoms with van der Waals surface area (Å²) in [5, 5.41) is 25.6. The number of ether oxygens (including phenoxy) is 1. The van der Waals surface area contributed by atoms with E-state index in [2.05, 4.69) is 10.3 Å². The summed E-state index contributed by atoms with van der Waals surface area (Å²) in [5.74, 6) is -4.34. The molecule has 2 fully saturated rings. The monoisotopic (exact) mass is 603 g/mol. The van der Waals surface area contributed by atoms with E-state index in [0.29, 0.717) is 40.6 Å². The fraction of sp³-hybridized carbons (Fsp3) is 0.517. The van der Waals surface area contributed by atoms with Gasteiger partial charge in [-0.3, -0.25) is 19.6 Å². The summed E-state index contributed by atoms with van der Waals surface area (Å²) in [6, 6.07) is 2.40. The van der Waals surface area contributed by atoms with Gasteiger partial charge >= 0.3 is 11.9 Å². The Labute approximate surface area is 246 Å². The summed E-state index contributed by atoms with van der Waals surface area (Å²) < 4.78 is 36.7. The molecule has 3 atom stereocenters. The number of amidine groups is 1. The molecule has 3 aliphatic rings. The van der Waals surface area contributed by atoms with Gasteiger partial charge in [-0.25, -0.2) is 18.6 Å². The number of rotatable bonds is 9. The lowest BCUT2D eigenvalue weighted by atomic mass is 9.92. The van der Waals surface area contributed by atoms with Crippen molar-refractivity contribution >= 4 is 29.1 Å². The normalized spacial score (nSPS) is 24.3. The van der Waals surface area contributed by atoms with Gasteiger partial charge in [0.2, 0.25) is 0 Å². The zero-order chi connectivity index (χ0) is 30.4. The summed E-state index contributed by atoms with van der Waals surface area (Å²) >= 11 is 1.34. The molecule has 2 saturated heterocycles. The lowest BCUT2D eigenvalue weighted by Gasteiger charge is -2.33. The maximum Gasteiger partial charge on any atom is 0.338 e. The van der Waals surface area contributed by atoms with Crippen LogP contribution >= 0.6 is 11.3 Å². The Bertz CT molecular complexity index is 1430. The van der Waals surface area contributed by atoms with Crippen LogP contribution in [-0.2, 0) is 14.3 Å². The van der Waals surface area contributed by atoms with Crippen molar-refractivity contribution in [2.75, 3.05) is 32.8 Å². The maximum absolute atomic E-state index is 15.6. The Morgan fingerprint density at radius 2 is 2.05 bits per heavy atom. The van der Waals surface area contributed by atoms with Crippen LogP contribution in [0.2, 0.25) is 0 Å². The van der Waals surface area contributed by atoms with E-state index in [1.807, 2.05) is 0 Å². The highest BCUT2D eigenvalue weighted by atomic mass is 32.1. The van der Waals surface area contributed by atoms with Gasteiger partial charge in [-0.15, -0.1) is 11.3 Å². The summed E-state index contributed by atoms with van der Waals surface area (Å²) in [7, 11) is 0. The fourth-order valence-corrected chi connectivity index (χ4v) is 6.75. The highest BCUT2D eigenvalue weighted by Crippen LogP contribution is 2.44. The van der Waals surface area contributed by atoms with Crippen molar-refractivity contribution in [2.45, 2.75) is 58.2 Å². The topological polar surface area (TPSA) is 128 Å². The summed E-state index contributed by atoms with van der Waals surface area (Å²) in [6.07, 6.45) is 2.06. The molecule has 13 heteroatoms. The fourth-order valence-electron chi connectivity index (χ4n) is 6.16. The SMILES string of the molecule is CCOC(=O)C1=C(CN2CC(F)(F)C3C2CCN3CC(C)(C)C(=O)O)NC(c2nccs2)=NC1c1cccc(O)c1C. The van der Waals surface area contributed by atoms with E-state index >= 15 is 8.78 Å². The van der Waals surface area contributed by atoms with Crippen molar-refractivity contribution in [3.8, 4) is 5.75 Å². The molecule has 1 aromatic heterocycles. The molecule has 3 unspecified atom stereocenters. The molecule has 3 aliphatic heterocycles. The number of likely N-dealkylation sites (tertiary alicyclic amines) is 2. The van der Waals surface area contributed by atoms with Crippen LogP contribution in [0, 0.1) is 12.3 Å². The molecular formula is C29H35F2N5O5S. The number of hydrogen-bond donors (Lipinski definition) is 3. The lowest BCUT2D eigenvalue weighted by molar-refractivity contribution is -0.149. The van der Waals surface area contributed by atoms with E-state index < -0.39 is 47.9 Å². The van der Waals surface area contributed by atoms with Crippen molar-refractivity contribution in [1.29, 1.82) is 0 Å². The van der Waals surface area contributed by atoms with Crippen LogP contribution in [0.25, 0.3) is 0 Å². The second-order valence-electron chi connectivity index (χ2n) is 11.6. The van der Waals surface area contributed by atoms with E-state index in [1.165, 1.54) is 11.3 Å². The molecule has 5 rings (SSSR count). The van der Waals surface area contributed by atoms with Crippen molar-refractivity contribution in [3.05, 3.63) is 57.2 Å². The second kappa shape index (κ2) is 11.3. The number of carbonyl (C=O) groups excluding carboxylic acids is 1. The zero-order valence-corrected chi connectivity index (χ0v) is 24.8. The number of esters is 1. The Morgan fingerprint density at radius 1 is 1.29 bits per heavy atom. The van der Waals surface area contributed by atoms with Crippen molar-refractivity contribution in [1.82, 2.24) is 20.1 Å². The predicted molar refractivity (Wildman–Crippen MR) is 153 cm³/mol. The predicted octanol–water partition coefficient (Wildman–Crippen LogP) is 3.57. The summed E-state index contributed by atoms with van der Waals surface area (Å²) in [6.45, 7) is 6.37. The number of alkyl halides is 2. The third kappa shape index (κ3) is 5.52. The Hall–Kier alpha value is -3.42. The maximum atomic E-state index is 15.6. The molecule has 10 nitrogen and oxygen atoms in total. The minimum absolute atomic E-state index is 0.00164. The third-order valence-corrected chi connectivity index (χ3v) is 9.00. The molecular weight excluding hydrogens is 568 g/mol. The average molecular weight is 604 g/mol. The minimum Gasteiger partial charge on any atom is -0.508 e. The number of benzene rings is 1. The van der Waals surface area contributed by atoms with Crippen molar-refractivity contribution in [3.63, 3.8) is 0 Å². The number of phenols is 1. The number of carboxylic acid groups (broad SMARTS) is 1.